The third-order valence-corrected chi connectivity index (χ3v) is 13.9. The Morgan fingerprint density at radius 1 is 0.365 bits per heavy atom. The maximum Gasteiger partial charge on any atom is 0.150 e. The highest BCUT2D eigenvalue weighted by atomic mass is 19.1. The molecule has 0 fully saturated rings. The predicted molar refractivity (Wildman–Crippen MR) is 298 cm³/mol. The molecule has 8 heteroatoms. The van der Waals surface area contributed by atoms with Gasteiger partial charge in [-0.2, -0.15) is 0 Å². The zero-order valence-corrected chi connectivity index (χ0v) is 40.2. The highest BCUT2D eigenvalue weighted by Crippen LogP contribution is 2.42. The van der Waals surface area contributed by atoms with Crippen molar-refractivity contribution in [2.45, 2.75) is 47.0 Å². The van der Waals surface area contributed by atoms with Gasteiger partial charge < -0.3 is 0 Å². The van der Waals surface area contributed by atoms with E-state index < -0.39 is 0 Å². The zero-order valence-electron chi connectivity index (χ0n) is 40.2. The topological polar surface area (TPSA) is 68.6 Å². The summed E-state index contributed by atoms with van der Waals surface area (Å²) in [6, 6.07) is 51.9. The second kappa shape index (κ2) is 21.1. The second-order valence-corrected chi connectivity index (χ2v) is 18.4. The van der Waals surface area contributed by atoms with Gasteiger partial charge in [-0.3, -0.25) is 4.79 Å². The van der Waals surface area contributed by atoms with E-state index >= 15 is 0 Å². The van der Waals surface area contributed by atoms with E-state index in [1.165, 1.54) is 75.5 Å². The van der Waals surface area contributed by atoms with Gasteiger partial charge in [0, 0.05) is 27.1 Å². The van der Waals surface area contributed by atoms with E-state index in [-0.39, 0.29) is 24.9 Å². The summed E-state index contributed by atoms with van der Waals surface area (Å²) in [5, 5.41) is 4.64. The molecule has 4 heterocycles. The summed E-state index contributed by atoms with van der Waals surface area (Å²) in [7, 11) is 0. The molecule has 0 amide bonds. The highest BCUT2D eigenvalue weighted by Gasteiger charge is 2.27. The van der Waals surface area contributed by atoms with Crippen molar-refractivity contribution in [3.8, 4) is 22.8 Å². The van der Waals surface area contributed by atoms with Gasteiger partial charge in [-0.15, -0.1) is 0 Å². The van der Waals surface area contributed by atoms with Crippen molar-refractivity contribution in [1.82, 2.24) is 19.9 Å². The van der Waals surface area contributed by atoms with Crippen molar-refractivity contribution in [3.05, 3.63) is 249 Å². The number of fused-ring (bicyclic) bond motifs is 10. The van der Waals surface area contributed by atoms with E-state index in [1.807, 2.05) is 60.7 Å². The van der Waals surface area contributed by atoms with Gasteiger partial charge in [0.25, 0.3) is 0 Å². The summed E-state index contributed by atoms with van der Waals surface area (Å²) >= 11 is 0. The van der Waals surface area contributed by atoms with Crippen molar-refractivity contribution in [2.75, 3.05) is 0 Å². The van der Waals surface area contributed by atoms with Crippen LogP contribution in [0.4, 0.5) is 13.2 Å². The Balaban J connectivity index is 0.000000155. The van der Waals surface area contributed by atoms with E-state index in [9.17, 15) is 18.0 Å². The smallest absolute Gasteiger partial charge is 0.150 e. The SMILES string of the molecule is C.Cc1c2c(nc3ccccc13)-c1nc3ccccc3c(C)c1CC2.Fc1cccc(/C=C/c2c3c(nc4ccccc24)-c2nc4ccccc4c(/C=C/c4cccc(F)c4)c2CC3)c1.O=Cc1cccc(F)c1. The Hall–Kier alpha value is -8.88. The van der Waals surface area contributed by atoms with Gasteiger partial charge in [-0.25, -0.2) is 33.1 Å². The number of aromatic nitrogens is 4. The van der Waals surface area contributed by atoms with E-state index in [0.717, 1.165) is 115 Å². The molecule has 4 aromatic heterocycles. The summed E-state index contributed by atoms with van der Waals surface area (Å²) < 4.78 is 39.9. The lowest BCUT2D eigenvalue weighted by atomic mass is 9.84. The van der Waals surface area contributed by atoms with Gasteiger partial charge in [-0.1, -0.05) is 141 Å². The molecule has 0 unspecified atom stereocenters. The molecule has 0 radical (unpaired) electrons. The van der Waals surface area contributed by atoms with Crippen molar-refractivity contribution >= 4 is 74.2 Å². The molecule has 0 aliphatic heterocycles. The fourth-order valence-corrected chi connectivity index (χ4v) is 10.3. The first kappa shape index (κ1) is 48.7. The number of aldehydes is 1. The normalized spacial score (nSPS) is 12.3. The van der Waals surface area contributed by atoms with Crippen molar-refractivity contribution in [3.63, 3.8) is 0 Å². The fourth-order valence-electron chi connectivity index (χ4n) is 10.3. The highest BCUT2D eigenvalue weighted by molar-refractivity contribution is 5.99. The first-order chi connectivity index (χ1) is 35.7. The Morgan fingerprint density at radius 2 is 0.676 bits per heavy atom. The maximum atomic E-state index is 13.9. The Kier molecular flexibility index (Phi) is 13.9. The van der Waals surface area contributed by atoms with Crippen LogP contribution in [0.25, 0.3) is 90.7 Å². The van der Waals surface area contributed by atoms with Crippen LogP contribution in [0.1, 0.15) is 73.4 Å². The minimum atomic E-state index is -0.375. The molecule has 0 bridgehead atoms. The number of rotatable bonds is 5. The Labute approximate surface area is 428 Å². The van der Waals surface area contributed by atoms with E-state index in [1.54, 1.807) is 18.2 Å². The number of nitrogens with zero attached hydrogens (tertiary/aromatic N) is 4. The lowest BCUT2D eigenvalue weighted by Crippen LogP contribution is -2.12. The van der Waals surface area contributed by atoms with Crippen LogP contribution in [0, 0.1) is 31.3 Å². The van der Waals surface area contributed by atoms with Gasteiger partial charge >= 0.3 is 0 Å². The molecule has 0 atom stereocenters. The number of carbonyl (C=O) groups excluding carboxylic acids is 1. The van der Waals surface area contributed by atoms with Crippen LogP contribution in [0.3, 0.4) is 0 Å². The molecule has 0 saturated heterocycles. The lowest BCUT2D eigenvalue weighted by Gasteiger charge is -2.24. The lowest BCUT2D eigenvalue weighted by molar-refractivity contribution is 0.112. The van der Waals surface area contributed by atoms with Crippen LogP contribution < -0.4 is 0 Å². The maximum absolute atomic E-state index is 13.9. The van der Waals surface area contributed by atoms with Crippen molar-refractivity contribution in [2.24, 2.45) is 0 Å². The molecule has 0 spiro atoms. The largest absolute Gasteiger partial charge is 0.298 e. The molecule has 7 aromatic carbocycles. The molecular weight excluding hydrogens is 922 g/mol. The number of carbonyl (C=O) groups is 1. The van der Waals surface area contributed by atoms with E-state index in [4.69, 9.17) is 19.9 Å². The fraction of sp³-hybridized carbons (Fsp3) is 0.106. The number of pyridine rings is 4. The molecule has 74 heavy (non-hydrogen) atoms. The zero-order chi connectivity index (χ0) is 50.0. The number of aryl methyl sites for hydroxylation is 2. The van der Waals surface area contributed by atoms with Crippen molar-refractivity contribution in [1.29, 1.82) is 0 Å². The molecule has 0 N–H and O–H groups in total. The standard InChI is InChI=1S/C36H24F2N2.C22H18N2.C7H5FO.CH4/c37-25-9-5-7-23(21-25)15-17-27-29-11-1-3-13-33(29)39-35-31(27)19-20-32-28(18-16-24-8-6-10-26(38)22-24)30-12-2-4-14-34(30)40-36(32)35;1-13-15-7-3-5-9-19(15)23-21-17(13)11-12-18-14(2)16-8-4-6-10-20(16)24-22(18)21;8-7-3-1-2-6(4-7)5-9;/h1-18,21-22H,19-20H2;3-10H,11-12H2,1-2H3;1-5H;1H4/b17-15+,18-16+;;;. The predicted octanol–water partition coefficient (Wildman–Crippen LogP) is 16.6. The number of benzene rings is 7. The minimum Gasteiger partial charge on any atom is -0.298 e. The van der Waals surface area contributed by atoms with Crippen molar-refractivity contribution < 1.29 is 18.0 Å². The first-order valence-electron chi connectivity index (χ1n) is 24.4. The first-order valence-corrected chi connectivity index (χ1v) is 24.4. The third kappa shape index (κ3) is 9.62. The van der Waals surface area contributed by atoms with Gasteiger partial charge in [0.15, 0.2) is 0 Å². The number of hydrogen-bond acceptors (Lipinski definition) is 5. The van der Waals surface area contributed by atoms with Crippen LogP contribution in [0.5, 0.6) is 0 Å². The average molecular weight is 973 g/mol. The average Bonchev–Trinajstić information content (AvgIpc) is 3.43. The monoisotopic (exact) mass is 972 g/mol. The molecule has 13 rings (SSSR count). The number of halogens is 3. The molecule has 0 saturated carbocycles. The number of hydrogen-bond donors (Lipinski definition) is 0. The van der Waals surface area contributed by atoms with Crippen LogP contribution in [0.15, 0.2) is 170 Å². The number of para-hydroxylation sites is 4. The molecule has 362 valence electrons. The molecule has 2 aliphatic carbocycles. The summed E-state index contributed by atoms with van der Waals surface area (Å²) in [5.74, 6) is -0.889. The summed E-state index contributed by atoms with van der Waals surface area (Å²) in [4.78, 5) is 30.3. The van der Waals surface area contributed by atoms with E-state index in [2.05, 4.69) is 86.7 Å². The quantitative estimate of drug-likeness (QED) is 0.161. The second-order valence-electron chi connectivity index (χ2n) is 18.4. The van der Waals surface area contributed by atoms with Crippen LogP contribution in [0.2, 0.25) is 0 Å². The molecule has 2 aliphatic rings. The summed E-state index contributed by atoms with van der Waals surface area (Å²) in [5.41, 5.74) is 19.7. The van der Waals surface area contributed by atoms with Gasteiger partial charge in [-0.05, 0) is 156 Å². The Morgan fingerprint density at radius 3 is 1.04 bits per heavy atom. The summed E-state index contributed by atoms with van der Waals surface area (Å²) in [6.07, 6.45) is 12.4. The van der Waals surface area contributed by atoms with Crippen LogP contribution in [-0.2, 0) is 25.7 Å². The van der Waals surface area contributed by atoms with Gasteiger partial charge in [0.2, 0.25) is 0 Å². The molecule has 11 aromatic rings. The molecule has 5 nitrogen and oxygen atoms in total. The summed E-state index contributed by atoms with van der Waals surface area (Å²) in [6.45, 7) is 4.45. The van der Waals surface area contributed by atoms with Crippen LogP contribution in [-0.4, -0.2) is 26.2 Å². The molecular formula is C66H51F3N4O. The minimum absolute atomic E-state index is 0. The third-order valence-electron chi connectivity index (χ3n) is 13.9. The van der Waals surface area contributed by atoms with Gasteiger partial charge in [0.05, 0.1) is 44.8 Å². The van der Waals surface area contributed by atoms with Crippen LogP contribution >= 0.6 is 0 Å². The van der Waals surface area contributed by atoms with Gasteiger partial charge in [0.1, 0.15) is 23.7 Å². The van der Waals surface area contributed by atoms with E-state index in [0.29, 0.717) is 11.8 Å². The Bertz CT molecular complexity index is 3790.